The van der Waals surface area contributed by atoms with Crippen LogP contribution in [0.25, 0.3) is 0 Å². The fraction of sp³-hybridized carbons (Fsp3) is 0.562. The molecule has 3 heteroatoms. The Morgan fingerprint density at radius 3 is 2.42 bits per heavy atom. The molecule has 0 radical (unpaired) electrons. The molecular formula is C16H23NO2. The molecule has 3 nitrogen and oxygen atoms in total. The zero-order chi connectivity index (χ0) is 14.0. The van der Waals surface area contributed by atoms with Crippen LogP contribution in [0.5, 0.6) is 0 Å². The van der Waals surface area contributed by atoms with Crippen LogP contribution < -0.4 is 0 Å². The number of hydrogen-bond donors (Lipinski definition) is 1. The van der Waals surface area contributed by atoms with Gasteiger partial charge in [0, 0.05) is 12.6 Å². The van der Waals surface area contributed by atoms with E-state index < -0.39 is 11.4 Å². The van der Waals surface area contributed by atoms with Gasteiger partial charge < -0.3 is 5.11 Å². The van der Waals surface area contributed by atoms with E-state index in [9.17, 15) is 9.90 Å². The van der Waals surface area contributed by atoms with E-state index in [-0.39, 0.29) is 0 Å². The van der Waals surface area contributed by atoms with Gasteiger partial charge in [-0.15, -0.1) is 0 Å². The van der Waals surface area contributed by atoms with Crippen LogP contribution in [0.4, 0.5) is 0 Å². The average molecular weight is 261 g/mol. The normalized spacial score (nSPS) is 25.7. The lowest BCUT2D eigenvalue weighted by Gasteiger charge is -2.32. The molecule has 1 saturated heterocycles. The van der Waals surface area contributed by atoms with Gasteiger partial charge in [0.2, 0.25) is 0 Å². The molecule has 0 spiro atoms. The van der Waals surface area contributed by atoms with Crippen LogP contribution in [0.15, 0.2) is 30.3 Å². The third kappa shape index (κ3) is 2.81. The van der Waals surface area contributed by atoms with E-state index in [4.69, 9.17) is 0 Å². The van der Waals surface area contributed by atoms with E-state index in [1.165, 1.54) is 5.56 Å². The molecule has 1 aliphatic rings. The van der Waals surface area contributed by atoms with Crippen molar-refractivity contribution in [2.75, 3.05) is 13.1 Å². The van der Waals surface area contributed by atoms with Crippen LogP contribution in [-0.2, 0) is 4.79 Å². The number of rotatable bonds is 4. The molecule has 1 aromatic rings. The maximum absolute atomic E-state index is 11.4. The molecule has 2 atom stereocenters. The van der Waals surface area contributed by atoms with Gasteiger partial charge in [0.05, 0.1) is 5.41 Å². The lowest BCUT2D eigenvalue weighted by atomic mass is 9.89. The van der Waals surface area contributed by atoms with E-state index in [0.717, 1.165) is 13.0 Å². The van der Waals surface area contributed by atoms with Gasteiger partial charge in [-0.1, -0.05) is 44.2 Å². The molecule has 0 amide bonds. The largest absolute Gasteiger partial charge is 0.481 e. The summed E-state index contributed by atoms with van der Waals surface area (Å²) >= 11 is 0. The van der Waals surface area contributed by atoms with E-state index in [2.05, 4.69) is 43.0 Å². The van der Waals surface area contributed by atoms with Crippen molar-refractivity contribution < 1.29 is 9.90 Å². The highest BCUT2D eigenvalue weighted by atomic mass is 16.4. The molecular weight excluding hydrogens is 238 g/mol. The first-order valence-electron chi connectivity index (χ1n) is 6.96. The van der Waals surface area contributed by atoms with Crippen LogP contribution in [0, 0.1) is 11.3 Å². The van der Waals surface area contributed by atoms with Crippen LogP contribution in [0.1, 0.15) is 38.8 Å². The Morgan fingerprint density at radius 2 is 1.95 bits per heavy atom. The number of hydrogen-bond acceptors (Lipinski definition) is 2. The molecule has 104 valence electrons. The topological polar surface area (TPSA) is 40.5 Å². The number of nitrogens with zero attached hydrogens (tertiary/aromatic N) is 1. The van der Waals surface area contributed by atoms with Crippen LogP contribution in [-0.4, -0.2) is 29.1 Å². The molecule has 0 aliphatic carbocycles. The summed E-state index contributed by atoms with van der Waals surface area (Å²) in [6.07, 6.45) is 0.735. The van der Waals surface area contributed by atoms with Crippen molar-refractivity contribution in [2.24, 2.45) is 11.3 Å². The summed E-state index contributed by atoms with van der Waals surface area (Å²) in [6.45, 7) is 7.76. The number of likely N-dealkylation sites (tertiary alicyclic amines) is 1. The van der Waals surface area contributed by atoms with Crippen molar-refractivity contribution in [3.8, 4) is 0 Å². The summed E-state index contributed by atoms with van der Waals surface area (Å²) in [7, 11) is 0. The lowest BCUT2D eigenvalue weighted by molar-refractivity contribution is -0.147. The summed E-state index contributed by atoms with van der Waals surface area (Å²) in [5, 5.41) is 9.35. The SMILES string of the molecule is CC(C)C(c1ccccc1)N1CCC(C)(C(=O)O)C1. The molecule has 1 aliphatic heterocycles. The predicted molar refractivity (Wildman–Crippen MR) is 76.0 cm³/mol. The fourth-order valence-electron chi connectivity index (χ4n) is 3.08. The van der Waals surface area contributed by atoms with Gasteiger partial charge in [-0.3, -0.25) is 9.69 Å². The Hall–Kier alpha value is -1.35. The Labute approximate surface area is 115 Å². The van der Waals surface area contributed by atoms with Gasteiger partial charge >= 0.3 is 5.97 Å². The predicted octanol–water partition coefficient (Wildman–Crippen LogP) is 3.18. The fourth-order valence-corrected chi connectivity index (χ4v) is 3.08. The van der Waals surface area contributed by atoms with Crippen molar-refractivity contribution in [1.29, 1.82) is 0 Å². The quantitative estimate of drug-likeness (QED) is 0.905. The highest BCUT2D eigenvalue weighted by molar-refractivity contribution is 5.74. The second-order valence-electron chi connectivity index (χ2n) is 6.19. The van der Waals surface area contributed by atoms with Crippen molar-refractivity contribution >= 4 is 5.97 Å². The van der Waals surface area contributed by atoms with Gasteiger partial charge in [-0.05, 0) is 31.4 Å². The number of aliphatic carboxylic acids is 1. The van der Waals surface area contributed by atoms with Gasteiger partial charge in [-0.25, -0.2) is 0 Å². The van der Waals surface area contributed by atoms with Gasteiger partial charge in [0.25, 0.3) is 0 Å². The summed E-state index contributed by atoms with van der Waals surface area (Å²) in [5.41, 5.74) is 0.689. The molecule has 0 bridgehead atoms. The Kier molecular flexibility index (Phi) is 3.95. The smallest absolute Gasteiger partial charge is 0.310 e. The standard InChI is InChI=1S/C16H23NO2/c1-12(2)14(13-7-5-4-6-8-13)17-10-9-16(3,11-17)15(18)19/h4-8,12,14H,9-11H2,1-3H3,(H,18,19). The molecule has 19 heavy (non-hydrogen) atoms. The molecule has 0 saturated carbocycles. The van der Waals surface area contributed by atoms with Gasteiger partial charge in [0.15, 0.2) is 0 Å². The van der Waals surface area contributed by atoms with Crippen LogP contribution >= 0.6 is 0 Å². The third-order valence-electron chi connectivity index (χ3n) is 4.19. The first-order valence-corrected chi connectivity index (χ1v) is 6.96. The summed E-state index contributed by atoms with van der Waals surface area (Å²) in [6, 6.07) is 10.7. The van der Waals surface area contributed by atoms with E-state index in [0.29, 0.717) is 18.5 Å². The Bertz CT molecular complexity index is 443. The van der Waals surface area contributed by atoms with Crippen molar-refractivity contribution in [3.05, 3.63) is 35.9 Å². The number of benzene rings is 1. The second kappa shape index (κ2) is 5.33. The minimum absolute atomic E-state index is 0.308. The number of carboxylic acid groups (broad SMARTS) is 1. The Morgan fingerprint density at radius 1 is 1.32 bits per heavy atom. The summed E-state index contributed by atoms with van der Waals surface area (Å²) in [4.78, 5) is 13.7. The number of carbonyl (C=O) groups is 1. The van der Waals surface area contributed by atoms with E-state index in [1.54, 1.807) is 0 Å². The molecule has 1 N–H and O–H groups in total. The lowest BCUT2D eigenvalue weighted by Crippen LogP contribution is -2.35. The monoisotopic (exact) mass is 261 g/mol. The second-order valence-corrected chi connectivity index (χ2v) is 6.19. The Balaban J connectivity index is 2.21. The highest BCUT2D eigenvalue weighted by Gasteiger charge is 2.43. The van der Waals surface area contributed by atoms with Crippen molar-refractivity contribution in [2.45, 2.75) is 33.2 Å². The minimum atomic E-state index is -0.675. The molecule has 1 aromatic carbocycles. The van der Waals surface area contributed by atoms with Crippen molar-refractivity contribution in [1.82, 2.24) is 4.90 Å². The van der Waals surface area contributed by atoms with Crippen molar-refractivity contribution in [3.63, 3.8) is 0 Å². The minimum Gasteiger partial charge on any atom is -0.481 e. The summed E-state index contributed by atoms with van der Waals surface area (Å²) < 4.78 is 0. The van der Waals surface area contributed by atoms with E-state index >= 15 is 0 Å². The van der Waals surface area contributed by atoms with E-state index in [1.807, 2.05) is 13.0 Å². The molecule has 1 heterocycles. The third-order valence-corrected chi connectivity index (χ3v) is 4.19. The van der Waals surface area contributed by atoms with Gasteiger partial charge in [0.1, 0.15) is 0 Å². The zero-order valence-electron chi connectivity index (χ0n) is 12.0. The molecule has 2 rings (SSSR count). The first-order chi connectivity index (χ1) is 8.94. The summed E-state index contributed by atoms with van der Waals surface area (Å²) in [5.74, 6) is -0.205. The van der Waals surface area contributed by atoms with Crippen LogP contribution in [0.2, 0.25) is 0 Å². The first kappa shape index (κ1) is 14.1. The highest BCUT2D eigenvalue weighted by Crippen LogP contribution is 2.38. The maximum Gasteiger partial charge on any atom is 0.310 e. The maximum atomic E-state index is 11.4. The molecule has 2 unspecified atom stereocenters. The van der Waals surface area contributed by atoms with Crippen LogP contribution in [0.3, 0.4) is 0 Å². The average Bonchev–Trinajstić information content (AvgIpc) is 2.74. The van der Waals surface area contributed by atoms with Gasteiger partial charge in [-0.2, -0.15) is 0 Å². The number of carboxylic acids is 1. The molecule has 1 fully saturated rings. The zero-order valence-corrected chi connectivity index (χ0v) is 12.0. The molecule has 0 aromatic heterocycles.